The summed E-state index contributed by atoms with van der Waals surface area (Å²) in [7, 11) is 3.39. The molecule has 0 aromatic carbocycles. The zero-order chi connectivity index (χ0) is 16.8. The highest BCUT2D eigenvalue weighted by atomic mass is 16.5. The molecule has 8 heteroatoms. The molecule has 0 saturated heterocycles. The van der Waals surface area contributed by atoms with E-state index in [0.717, 1.165) is 30.0 Å². The van der Waals surface area contributed by atoms with Crippen molar-refractivity contribution in [3.63, 3.8) is 0 Å². The number of carbonyl (C=O) groups is 1. The molecule has 0 bridgehead atoms. The van der Waals surface area contributed by atoms with Gasteiger partial charge in [-0.3, -0.25) is 10.00 Å². The highest BCUT2D eigenvalue weighted by molar-refractivity contribution is 5.88. The Bertz CT molecular complexity index is 630. The SMILES string of the molecule is COCCCn1ccc(NC(=O)N(C)Cc2c(C)noc2C)n1. The van der Waals surface area contributed by atoms with Crippen molar-refractivity contribution >= 4 is 11.8 Å². The van der Waals surface area contributed by atoms with Crippen LogP contribution in [0.25, 0.3) is 0 Å². The van der Waals surface area contributed by atoms with Gasteiger partial charge in [-0.05, 0) is 20.3 Å². The lowest BCUT2D eigenvalue weighted by atomic mass is 10.2. The highest BCUT2D eigenvalue weighted by Crippen LogP contribution is 2.15. The predicted molar refractivity (Wildman–Crippen MR) is 85.2 cm³/mol. The third-order valence-electron chi connectivity index (χ3n) is 3.53. The molecule has 2 aromatic rings. The van der Waals surface area contributed by atoms with Crippen molar-refractivity contribution in [2.75, 3.05) is 26.1 Å². The summed E-state index contributed by atoms with van der Waals surface area (Å²) in [5, 5.41) is 11.0. The maximum Gasteiger partial charge on any atom is 0.323 e. The number of methoxy groups -OCH3 is 1. The van der Waals surface area contributed by atoms with Gasteiger partial charge in [0.15, 0.2) is 5.82 Å². The Morgan fingerprint density at radius 1 is 1.48 bits per heavy atom. The minimum absolute atomic E-state index is 0.229. The lowest BCUT2D eigenvalue weighted by Crippen LogP contribution is -2.31. The molecule has 0 aliphatic heterocycles. The van der Waals surface area contributed by atoms with Crippen molar-refractivity contribution in [2.45, 2.75) is 33.4 Å². The van der Waals surface area contributed by atoms with Crippen LogP contribution in [0.4, 0.5) is 10.6 Å². The van der Waals surface area contributed by atoms with E-state index in [4.69, 9.17) is 9.26 Å². The maximum absolute atomic E-state index is 12.2. The number of ether oxygens (including phenoxy) is 1. The minimum Gasteiger partial charge on any atom is -0.385 e. The second kappa shape index (κ2) is 7.77. The number of nitrogens with zero attached hydrogens (tertiary/aromatic N) is 4. The van der Waals surface area contributed by atoms with Crippen LogP contribution in [0.15, 0.2) is 16.8 Å². The van der Waals surface area contributed by atoms with Gasteiger partial charge in [0.1, 0.15) is 5.76 Å². The van der Waals surface area contributed by atoms with Crippen LogP contribution in [0.1, 0.15) is 23.4 Å². The third-order valence-corrected chi connectivity index (χ3v) is 3.53. The molecule has 0 unspecified atom stereocenters. The average molecular weight is 321 g/mol. The predicted octanol–water partition coefficient (Wildman–Crippen LogP) is 2.19. The normalized spacial score (nSPS) is 10.8. The van der Waals surface area contributed by atoms with Gasteiger partial charge in [-0.1, -0.05) is 5.16 Å². The van der Waals surface area contributed by atoms with Crippen molar-refractivity contribution in [2.24, 2.45) is 0 Å². The molecular weight excluding hydrogens is 298 g/mol. The molecule has 8 nitrogen and oxygen atoms in total. The van der Waals surface area contributed by atoms with Crippen LogP contribution >= 0.6 is 0 Å². The van der Waals surface area contributed by atoms with Crippen LogP contribution in [0.5, 0.6) is 0 Å². The van der Waals surface area contributed by atoms with Gasteiger partial charge in [0.25, 0.3) is 0 Å². The van der Waals surface area contributed by atoms with E-state index in [0.29, 0.717) is 19.0 Å². The number of nitrogens with one attached hydrogen (secondary N) is 1. The Morgan fingerprint density at radius 2 is 2.26 bits per heavy atom. The second-order valence-electron chi connectivity index (χ2n) is 5.40. The molecule has 0 atom stereocenters. The number of hydrogen-bond acceptors (Lipinski definition) is 5. The van der Waals surface area contributed by atoms with Gasteiger partial charge in [-0.2, -0.15) is 5.10 Å². The number of rotatable bonds is 7. The fourth-order valence-corrected chi connectivity index (χ4v) is 2.17. The van der Waals surface area contributed by atoms with Gasteiger partial charge in [0.05, 0.1) is 12.2 Å². The molecule has 2 rings (SSSR count). The largest absolute Gasteiger partial charge is 0.385 e. The first-order valence-corrected chi connectivity index (χ1v) is 7.47. The molecular formula is C15H23N5O3. The summed E-state index contributed by atoms with van der Waals surface area (Å²) in [6, 6.07) is 1.54. The molecule has 0 fully saturated rings. The Kier molecular flexibility index (Phi) is 5.75. The zero-order valence-corrected chi connectivity index (χ0v) is 14.0. The van der Waals surface area contributed by atoms with Crippen LogP contribution in [0.3, 0.4) is 0 Å². The first-order chi connectivity index (χ1) is 11.0. The Hall–Kier alpha value is -2.35. The molecule has 0 spiro atoms. The molecule has 0 radical (unpaired) electrons. The monoisotopic (exact) mass is 321 g/mol. The minimum atomic E-state index is -0.229. The van der Waals surface area contributed by atoms with Crippen molar-refractivity contribution in [1.29, 1.82) is 0 Å². The fraction of sp³-hybridized carbons (Fsp3) is 0.533. The number of aryl methyl sites for hydroxylation is 3. The van der Waals surface area contributed by atoms with Gasteiger partial charge < -0.3 is 14.2 Å². The van der Waals surface area contributed by atoms with E-state index in [1.165, 1.54) is 0 Å². The summed E-state index contributed by atoms with van der Waals surface area (Å²) in [5.41, 5.74) is 1.72. The molecule has 0 aliphatic rings. The number of urea groups is 1. The summed E-state index contributed by atoms with van der Waals surface area (Å²) in [6.07, 6.45) is 2.71. The van der Waals surface area contributed by atoms with Gasteiger partial charge in [-0.25, -0.2) is 4.79 Å². The number of hydrogen-bond donors (Lipinski definition) is 1. The van der Waals surface area contributed by atoms with Crippen LogP contribution in [-0.2, 0) is 17.8 Å². The van der Waals surface area contributed by atoms with E-state index in [2.05, 4.69) is 15.6 Å². The van der Waals surface area contributed by atoms with E-state index in [-0.39, 0.29) is 6.03 Å². The topological polar surface area (TPSA) is 85.4 Å². The lowest BCUT2D eigenvalue weighted by molar-refractivity contribution is 0.189. The van der Waals surface area contributed by atoms with E-state index in [9.17, 15) is 4.79 Å². The summed E-state index contributed by atoms with van der Waals surface area (Å²) >= 11 is 0. The lowest BCUT2D eigenvalue weighted by Gasteiger charge is -2.16. The van der Waals surface area contributed by atoms with Gasteiger partial charge in [-0.15, -0.1) is 0 Å². The molecule has 1 N–H and O–H groups in total. The molecule has 2 heterocycles. The third kappa shape index (κ3) is 4.56. The van der Waals surface area contributed by atoms with Gasteiger partial charge >= 0.3 is 6.03 Å². The molecule has 2 aromatic heterocycles. The highest BCUT2D eigenvalue weighted by Gasteiger charge is 2.16. The van der Waals surface area contributed by atoms with E-state index < -0.39 is 0 Å². The maximum atomic E-state index is 12.2. The summed E-state index contributed by atoms with van der Waals surface area (Å²) in [5.74, 6) is 1.25. The summed E-state index contributed by atoms with van der Waals surface area (Å²) < 4.78 is 11.9. The Morgan fingerprint density at radius 3 is 2.91 bits per heavy atom. The fourth-order valence-electron chi connectivity index (χ4n) is 2.17. The number of anilines is 1. The molecule has 0 saturated carbocycles. The van der Waals surface area contributed by atoms with Gasteiger partial charge in [0.2, 0.25) is 0 Å². The van der Waals surface area contributed by atoms with Crippen molar-refractivity contribution in [3.8, 4) is 0 Å². The van der Waals surface area contributed by atoms with Gasteiger partial charge in [0, 0.05) is 45.1 Å². The van der Waals surface area contributed by atoms with E-state index >= 15 is 0 Å². The van der Waals surface area contributed by atoms with Crippen LogP contribution in [0, 0.1) is 13.8 Å². The van der Waals surface area contributed by atoms with E-state index in [1.54, 1.807) is 29.8 Å². The number of amides is 2. The van der Waals surface area contributed by atoms with E-state index in [1.807, 2.05) is 20.0 Å². The molecule has 0 aliphatic carbocycles. The quantitative estimate of drug-likeness (QED) is 0.790. The van der Waals surface area contributed by atoms with Crippen molar-refractivity contribution < 1.29 is 14.1 Å². The van der Waals surface area contributed by atoms with Crippen molar-refractivity contribution in [1.82, 2.24) is 19.8 Å². The smallest absolute Gasteiger partial charge is 0.323 e. The van der Waals surface area contributed by atoms with Crippen LogP contribution in [-0.4, -0.2) is 46.6 Å². The summed E-state index contributed by atoms with van der Waals surface area (Å²) in [4.78, 5) is 13.8. The number of aromatic nitrogens is 3. The first-order valence-electron chi connectivity index (χ1n) is 7.47. The Balaban J connectivity index is 1.88. The molecule has 2 amide bonds. The van der Waals surface area contributed by atoms with Crippen LogP contribution < -0.4 is 5.32 Å². The second-order valence-corrected chi connectivity index (χ2v) is 5.40. The molecule has 23 heavy (non-hydrogen) atoms. The number of carbonyl (C=O) groups excluding carboxylic acids is 1. The standard InChI is InChI=1S/C15H23N5O3/c1-11-13(12(2)23-18-11)10-19(3)15(21)16-14-6-8-20(17-14)7-5-9-22-4/h6,8H,5,7,9-10H2,1-4H3,(H,16,17,21). The van der Waals surface area contributed by atoms with Crippen LogP contribution in [0.2, 0.25) is 0 Å². The molecule has 126 valence electrons. The Labute approximate surface area is 135 Å². The summed E-state index contributed by atoms with van der Waals surface area (Å²) in [6.45, 7) is 5.56. The zero-order valence-electron chi connectivity index (χ0n) is 14.0. The average Bonchev–Trinajstić information content (AvgIpc) is 3.09. The first kappa shape index (κ1) is 17.0. The van der Waals surface area contributed by atoms with Crippen molar-refractivity contribution in [3.05, 3.63) is 29.3 Å².